The Balaban J connectivity index is 2.01. The smallest absolute Gasteiger partial charge is 0.352 e. The summed E-state index contributed by atoms with van der Waals surface area (Å²) < 4.78 is 38.3. The Hall–Kier alpha value is -1.30. The molecule has 21 heavy (non-hydrogen) atoms. The largest absolute Gasteiger partial charge is 0.416 e. The second-order valence-corrected chi connectivity index (χ2v) is 5.81. The number of hydrogen-bond donors (Lipinski definition) is 1. The van der Waals surface area contributed by atoms with Gasteiger partial charge in [0.15, 0.2) is 0 Å². The number of hydrogen-bond acceptors (Lipinski definition) is 1. The van der Waals surface area contributed by atoms with E-state index in [-0.39, 0.29) is 5.56 Å². The van der Waals surface area contributed by atoms with E-state index < -0.39 is 17.6 Å². The fraction of sp³-hybridized carbons (Fsp3) is 0.400. The summed E-state index contributed by atoms with van der Waals surface area (Å²) in [5.74, 6) is -0.494. The van der Waals surface area contributed by atoms with Gasteiger partial charge in [-0.3, -0.25) is 4.79 Å². The predicted octanol–water partition coefficient (Wildman–Crippen LogP) is 4.70. The lowest BCUT2D eigenvalue weighted by molar-refractivity contribution is -0.137. The molecular weight excluding hydrogens is 347 g/mol. The number of carbonyl (C=O) groups is 1. The highest BCUT2D eigenvalue weighted by molar-refractivity contribution is 9.10. The van der Waals surface area contributed by atoms with Gasteiger partial charge in [-0.15, -0.1) is 0 Å². The van der Waals surface area contributed by atoms with Gasteiger partial charge in [-0.2, -0.15) is 13.2 Å². The van der Waals surface area contributed by atoms with Crippen molar-refractivity contribution in [2.75, 3.05) is 6.54 Å². The third-order valence-electron chi connectivity index (χ3n) is 3.41. The highest BCUT2D eigenvalue weighted by Gasteiger charge is 2.31. The van der Waals surface area contributed by atoms with Crippen molar-refractivity contribution in [2.24, 2.45) is 0 Å². The van der Waals surface area contributed by atoms with Gasteiger partial charge in [-0.1, -0.05) is 11.6 Å². The van der Waals surface area contributed by atoms with Gasteiger partial charge in [0.25, 0.3) is 5.91 Å². The molecule has 1 aromatic carbocycles. The van der Waals surface area contributed by atoms with Crippen LogP contribution in [0.25, 0.3) is 0 Å². The SMILES string of the molecule is O=C(NCCC1=CCCC1)c1cc(C(F)(F)F)ccc1Br. The van der Waals surface area contributed by atoms with Crippen LogP contribution in [0.4, 0.5) is 13.2 Å². The summed E-state index contributed by atoms with van der Waals surface area (Å²) in [5, 5.41) is 2.67. The molecule has 2 rings (SSSR count). The Bertz CT molecular complexity index is 567. The predicted molar refractivity (Wildman–Crippen MR) is 78.0 cm³/mol. The summed E-state index contributed by atoms with van der Waals surface area (Å²) in [6, 6.07) is 3.07. The van der Waals surface area contributed by atoms with Crippen molar-refractivity contribution in [3.63, 3.8) is 0 Å². The molecule has 1 aliphatic carbocycles. The normalized spacial score (nSPS) is 15.0. The zero-order chi connectivity index (χ0) is 15.5. The van der Waals surface area contributed by atoms with Crippen molar-refractivity contribution in [1.29, 1.82) is 0 Å². The Labute approximate surface area is 129 Å². The maximum Gasteiger partial charge on any atom is 0.416 e. The van der Waals surface area contributed by atoms with Crippen LogP contribution in [0.3, 0.4) is 0 Å². The molecule has 0 heterocycles. The van der Waals surface area contributed by atoms with E-state index in [1.54, 1.807) is 0 Å². The van der Waals surface area contributed by atoms with E-state index >= 15 is 0 Å². The van der Waals surface area contributed by atoms with Crippen LogP contribution >= 0.6 is 15.9 Å². The van der Waals surface area contributed by atoms with Gasteiger partial charge in [-0.05, 0) is 59.8 Å². The maximum absolute atomic E-state index is 12.7. The van der Waals surface area contributed by atoms with Crippen LogP contribution in [0.1, 0.15) is 41.6 Å². The van der Waals surface area contributed by atoms with Crippen molar-refractivity contribution in [2.45, 2.75) is 31.9 Å². The number of carbonyl (C=O) groups excluding carboxylic acids is 1. The molecule has 0 aromatic heterocycles. The van der Waals surface area contributed by atoms with Crippen LogP contribution in [0, 0.1) is 0 Å². The van der Waals surface area contributed by atoms with E-state index in [0.29, 0.717) is 11.0 Å². The van der Waals surface area contributed by atoms with Crippen LogP contribution < -0.4 is 5.32 Å². The Morgan fingerprint density at radius 2 is 2.10 bits per heavy atom. The van der Waals surface area contributed by atoms with Crippen LogP contribution in [0.2, 0.25) is 0 Å². The number of nitrogens with one attached hydrogen (secondary N) is 1. The quantitative estimate of drug-likeness (QED) is 0.773. The summed E-state index contributed by atoms with van der Waals surface area (Å²) >= 11 is 3.12. The van der Waals surface area contributed by atoms with Crippen molar-refractivity contribution in [3.05, 3.63) is 45.4 Å². The number of amides is 1. The third-order valence-corrected chi connectivity index (χ3v) is 4.10. The van der Waals surface area contributed by atoms with Crippen LogP contribution in [-0.2, 0) is 6.18 Å². The molecule has 0 atom stereocenters. The summed E-state index contributed by atoms with van der Waals surface area (Å²) in [5.41, 5.74) is 0.484. The summed E-state index contributed by atoms with van der Waals surface area (Å²) in [4.78, 5) is 12.0. The molecule has 114 valence electrons. The van der Waals surface area contributed by atoms with Gasteiger partial charge >= 0.3 is 6.18 Å². The molecule has 0 saturated heterocycles. The molecule has 0 unspecified atom stereocenters. The van der Waals surface area contributed by atoms with Crippen LogP contribution in [0.15, 0.2) is 34.3 Å². The second kappa shape index (κ2) is 6.64. The monoisotopic (exact) mass is 361 g/mol. The average Bonchev–Trinajstić information content (AvgIpc) is 2.91. The van der Waals surface area contributed by atoms with Gasteiger partial charge in [-0.25, -0.2) is 0 Å². The van der Waals surface area contributed by atoms with Gasteiger partial charge in [0.2, 0.25) is 0 Å². The molecule has 1 aliphatic rings. The summed E-state index contributed by atoms with van der Waals surface area (Å²) in [7, 11) is 0. The first-order chi connectivity index (χ1) is 9.88. The number of alkyl halides is 3. The molecule has 2 nitrogen and oxygen atoms in total. The molecule has 1 aromatic rings. The molecule has 0 fully saturated rings. The van der Waals surface area contributed by atoms with E-state index in [1.165, 1.54) is 11.6 Å². The number of allylic oxidation sites excluding steroid dienone is 1. The topological polar surface area (TPSA) is 29.1 Å². The average molecular weight is 362 g/mol. The molecule has 0 saturated carbocycles. The molecule has 1 N–H and O–H groups in total. The lowest BCUT2D eigenvalue weighted by Gasteiger charge is -2.11. The fourth-order valence-electron chi connectivity index (χ4n) is 2.27. The molecule has 0 bridgehead atoms. The van der Waals surface area contributed by atoms with E-state index in [2.05, 4.69) is 27.3 Å². The molecular formula is C15H15BrF3NO. The van der Waals surface area contributed by atoms with Crippen molar-refractivity contribution < 1.29 is 18.0 Å². The van der Waals surface area contributed by atoms with E-state index in [0.717, 1.165) is 37.8 Å². The fourth-order valence-corrected chi connectivity index (χ4v) is 2.70. The lowest BCUT2D eigenvalue weighted by Crippen LogP contribution is -2.25. The first kappa shape index (κ1) is 16.1. The van der Waals surface area contributed by atoms with Crippen molar-refractivity contribution in [3.8, 4) is 0 Å². The number of rotatable bonds is 4. The van der Waals surface area contributed by atoms with Gasteiger partial charge in [0.1, 0.15) is 0 Å². The highest BCUT2D eigenvalue weighted by Crippen LogP contribution is 2.31. The third kappa shape index (κ3) is 4.33. The standard InChI is InChI=1S/C15H15BrF3NO/c16-13-6-5-11(15(17,18)19)9-12(13)14(21)20-8-7-10-3-1-2-4-10/h3,5-6,9H,1-2,4,7-8H2,(H,20,21). The Kier molecular flexibility index (Phi) is 5.08. The first-order valence-corrected chi connectivity index (χ1v) is 7.50. The highest BCUT2D eigenvalue weighted by atomic mass is 79.9. The first-order valence-electron chi connectivity index (χ1n) is 6.71. The van der Waals surface area contributed by atoms with Gasteiger partial charge in [0.05, 0.1) is 11.1 Å². The molecule has 0 radical (unpaired) electrons. The summed E-state index contributed by atoms with van der Waals surface area (Å²) in [6.45, 7) is 0.438. The minimum atomic E-state index is -4.45. The van der Waals surface area contributed by atoms with Crippen LogP contribution in [-0.4, -0.2) is 12.5 Å². The molecule has 6 heteroatoms. The molecule has 1 amide bonds. The zero-order valence-corrected chi connectivity index (χ0v) is 12.9. The minimum Gasteiger partial charge on any atom is -0.352 e. The summed E-state index contributed by atoms with van der Waals surface area (Å²) in [6.07, 6.45) is 1.72. The van der Waals surface area contributed by atoms with E-state index in [9.17, 15) is 18.0 Å². The Morgan fingerprint density at radius 3 is 2.71 bits per heavy atom. The van der Waals surface area contributed by atoms with E-state index in [1.807, 2.05) is 0 Å². The number of halogens is 4. The van der Waals surface area contributed by atoms with Gasteiger partial charge < -0.3 is 5.32 Å². The zero-order valence-electron chi connectivity index (χ0n) is 11.3. The maximum atomic E-state index is 12.7. The van der Waals surface area contributed by atoms with E-state index in [4.69, 9.17) is 0 Å². The van der Waals surface area contributed by atoms with Crippen molar-refractivity contribution in [1.82, 2.24) is 5.32 Å². The Morgan fingerprint density at radius 1 is 1.33 bits per heavy atom. The van der Waals surface area contributed by atoms with Gasteiger partial charge in [0, 0.05) is 11.0 Å². The second-order valence-electron chi connectivity index (χ2n) is 4.95. The van der Waals surface area contributed by atoms with Crippen molar-refractivity contribution >= 4 is 21.8 Å². The molecule has 0 spiro atoms. The number of benzene rings is 1. The molecule has 0 aliphatic heterocycles. The lowest BCUT2D eigenvalue weighted by atomic mass is 10.1. The van der Waals surface area contributed by atoms with Crippen LogP contribution in [0.5, 0.6) is 0 Å². The minimum absolute atomic E-state index is 0.00484.